The Morgan fingerprint density at radius 3 is 2.90 bits per heavy atom. The zero-order valence-corrected chi connectivity index (χ0v) is 11.6. The van der Waals surface area contributed by atoms with Crippen molar-refractivity contribution in [3.05, 3.63) is 42.0 Å². The van der Waals surface area contributed by atoms with Crippen LogP contribution in [-0.2, 0) is 0 Å². The normalized spacial score (nSPS) is 12.2. The summed E-state index contributed by atoms with van der Waals surface area (Å²) >= 11 is 0. The van der Waals surface area contributed by atoms with Gasteiger partial charge in [-0.25, -0.2) is 9.67 Å². The Bertz CT molecular complexity index is 579. The number of hydrogen-bond donors (Lipinski definition) is 2. The van der Waals surface area contributed by atoms with Crippen LogP contribution in [0.1, 0.15) is 29.3 Å². The maximum absolute atomic E-state index is 12.0. The van der Waals surface area contributed by atoms with Gasteiger partial charge in [-0.05, 0) is 44.0 Å². The Morgan fingerprint density at radius 2 is 2.30 bits per heavy atom. The summed E-state index contributed by atoms with van der Waals surface area (Å²) in [6, 6.07) is 5.48. The first kappa shape index (κ1) is 14.2. The van der Waals surface area contributed by atoms with Gasteiger partial charge < -0.3 is 10.4 Å². The summed E-state index contributed by atoms with van der Waals surface area (Å²) in [6.07, 6.45) is 3.21. The second-order valence-corrected chi connectivity index (χ2v) is 4.73. The highest BCUT2D eigenvalue weighted by Crippen LogP contribution is 2.13. The maximum Gasteiger partial charge on any atom is 0.251 e. The molecule has 0 radical (unpaired) electrons. The number of nitrogens with zero attached hydrogens (tertiary/aromatic N) is 3. The zero-order valence-electron chi connectivity index (χ0n) is 11.6. The quantitative estimate of drug-likeness (QED) is 0.855. The van der Waals surface area contributed by atoms with Crippen molar-refractivity contribution in [1.82, 2.24) is 20.1 Å². The Kier molecular flexibility index (Phi) is 4.47. The lowest BCUT2D eigenvalue weighted by Gasteiger charge is -2.10. The minimum atomic E-state index is -0.411. The van der Waals surface area contributed by atoms with Gasteiger partial charge in [0, 0.05) is 12.1 Å². The zero-order chi connectivity index (χ0) is 14.5. The molecule has 1 unspecified atom stereocenters. The summed E-state index contributed by atoms with van der Waals surface area (Å²) in [5.41, 5.74) is 2.35. The van der Waals surface area contributed by atoms with Crippen molar-refractivity contribution in [2.75, 3.05) is 6.54 Å². The molecule has 1 heterocycles. The summed E-state index contributed by atoms with van der Waals surface area (Å²) in [5.74, 6) is -0.131. The van der Waals surface area contributed by atoms with Crippen LogP contribution in [0.25, 0.3) is 5.69 Å². The van der Waals surface area contributed by atoms with E-state index in [1.807, 2.05) is 19.1 Å². The van der Waals surface area contributed by atoms with Crippen LogP contribution in [0.4, 0.5) is 0 Å². The lowest BCUT2D eigenvalue weighted by molar-refractivity contribution is 0.0945. The highest BCUT2D eigenvalue weighted by molar-refractivity contribution is 5.95. The number of carbonyl (C=O) groups excluding carboxylic acids is 1. The molecular weight excluding hydrogens is 256 g/mol. The minimum Gasteiger partial charge on any atom is -0.393 e. The molecule has 0 aliphatic rings. The van der Waals surface area contributed by atoms with E-state index in [9.17, 15) is 4.79 Å². The van der Waals surface area contributed by atoms with Crippen LogP contribution < -0.4 is 5.32 Å². The SMILES string of the molecule is Cc1cc(-n2cncn2)ccc1C(=O)NCCC(C)O. The predicted molar refractivity (Wildman–Crippen MR) is 74.7 cm³/mol. The number of rotatable bonds is 5. The summed E-state index contributed by atoms with van der Waals surface area (Å²) in [7, 11) is 0. The number of hydrogen-bond acceptors (Lipinski definition) is 4. The van der Waals surface area contributed by atoms with E-state index in [1.54, 1.807) is 24.0 Å². The standard InChI is InChI=1S/C14H18N4O2/c1-10-7-12(18-9-15-8-17-18)3-4-13(10)14(20)16-6-5-11(2)19/h3-4,7-9,11,19H,5-6H2,1-2H3,(H,16,20). The molecule has 0 aliphatic heterocycles. The van der Waals surface area contributed by atoms with Gasteiger partial charge in [0.1, 0.15) is 12.7 Å². The van der Waals surface area contributed by atoms with Gasteiger partial charge in [-0.3, -0.25) is 4.79 Å². The van der Waals surface area contributed by atoms with Crippen molar-refractivity contribution in [3.8, 4) is 5.69 Å². The summed E-state index contributed by atoms with van der Waals surface area (Å²) in [4.78, 5) is 15.9. The van der Waals surface area contributed by atoms with E-state index >= 15 is 0 Å². The third-order valence-electron chi connectivity index (χ3n) is 2.99. The van der Waals surface area contributed by atoms with Gasteiger partial charge in [0.25, 0.3) is 5.91 Å². The largest absolute Gasteiger partial charge is 0.393 e. The molecule has 1 atom stereocenters. The number of aliphatic hydroxyl groups excluding tert-OH is 1. The molecule has 2 N–H and O–H groups in total. The Morgan fingerprint density at radius 1 is 1.50 bits per heavy atom. The fourth-order valence-corrected chi connectivity index (χ4v) is 1.88. The molecule has 1 aromatic heterocycles. The summed E-state index contributed by atoms with van der Waals surface area (Å²) in [5, 5.41) is 16.0. The maximum atomic E-state index is 12.0. The number of aryl methyl sites for hydroxylation is 1. The Labute approximate surface area is 117 Å². The van der Waals surface area contributed by atoms with E-state index in [1.165, 1.54) is 6.33 Å². The molecule has 2 rings (SSSR count). The second kappa shape index (κ2) is 6.29. The van der Waals surface area contributed by atoms with Crippen LogP contribution in [0.15, 0.2) is 30.9 Å². The second-order valence-electron chi connectivity index (χ2n) is 4.73. The third kappa shape index (κ3) is 3.42. The fraction of sp³-hybridized carbons (Fsp3) is 0.357. The van der Waals surface area contributed by atoms with Crippen LogP contribution in [0.2, 0.25) is 0 Å². The smallest absolute Gasteiger partial charge is 0.251 e. The average molecular weight is 274 g/mol. The van der Waals surface area contributed by atoms with Crippen LogP contribution in [0.3, 0.4) is 0 Å². The molecule has 20 heavy (non-hydrogen) atoms. The van der Waals surface area contributed by atoms with Crippen molar-refractivity contribution >= 4 is 5.91 Å². The predicted octanol–water partition coefficient (Wildman–Crippen LogP) is 1.08. The average Bonchev–Trinajstić information content (AvgIpc) is 2.91. The molecule has 0 fully saturated rings. The first-order valence-electron chi connectivity index (χ1n) is 6.50. The lowest BCUT2D eigenvalue weighted by atomic mass is 10.1. The molecule has 1 aromatic carbocycles. The molecular formula is C14H18N4O2. The molecule has 6 nitrogen and oxygen atoms in total. The first-order chi connectivity index (χ1) is 9.58. The van der Waals surface area contributed by atoms with Gasteiger partial charge >= 0.3 is 0 Å². The monoisotopic (exact) mass is 274 g/mol. The van der Waals surface area contributed by atoms with Crippen molar-refractivity contribution in [1.29, 1.82) is 0 Å². The summed E-state index contributed by atoms with van der Waals surface area (Å²) in [6.45, 7) is 4.04. The minimum absolute atomic E-state index is 0.131. The van der Waals surface area contributed by atoms with E-state index in [-0.39, 0.29) is 5.91 Å². The number of aliphatic hydroxyl groups is 1. The molecule has 0 spiro atoms. The first-order valence-corrected chi connectivity index (χ1v) is 6.50. The number of amides is 1. The van der Waals surface area contributed by atoms with Gasteiger partial charge in [-0.2, -0.15) is 5.10 Å². The van der Waals surface area contributed by atoms with E-state index in [0.717, 1.165) is 11.3 Å². The Balaban J connectivity index is 2.08. The highest BCUT2D eigenvalue weighted by atomic mass is 16.3. The third-order valence-corrected chi connectivity index (χ3v) is 2.99. The van der Waals surface area contributed by atoms with Gasteiger partial charge in [0.05, 0.1) is 11.8 Å². The molecule has 106 valence electrons. The van der Waals surface area contributed by atoms with Crippen molar-refractivity contribution in [2.45, 2.75) is 26.4 Å². The van der Waals surface area contributed by atoms with Crippen LogP contribution >= 0.6 is 0 Å². The topological polar surface area (TPSA) is 80.0 Å². The van der Waals surface area contributed by atoms with E-state index in [2.05, 4.69) is 15.4 Å². The van der Waals surface area contributed by atoms with Gasteiger partial charge in [0.15, 0.2) is 0 Å². The van der Waals surface area contributed by atoms with Crippen molar-refractivity contribution in [2.24, 2.45) is 0 Å². The molecule has 0 aliphatic carbocycles. The number of nitrogens with one attached hydrogen (secondary N) is 1. The molecule has 1 amide bonds. The fourth-order valence-electron chi connectivity index (χ4n) is 1.88. The van der Waals surface area contributed by atoms with Crippen molar-refractivity contribution < 1.29 is 9.90 Å². The van der Waals surface area contributed by atoms with E-state index in [4.69, 9.17) is 5.11 Å². The van der Waals surface area contributed by atoms with Gasteiger partial charge in [-0.15, -0.1) is 0 Å². The number of aromatic nitrogens is 3. The van der Waals surface area contributed by atoms with Gasteiger partial charge in [-0.1, -0.05) is 0 Å². The van der Waals surface area contributed by atoms with Crippen LogP contribution in [-0.4, -0.2) is 38.4 Å². The summed E-state index contributed by atoms with van der Waals surface area (Å²) < 4.78 is 1.64. The van der Waals surface area contributed by atoms with Crippen molar-refractivity contribution in [3.63, 3.8) is 0 Å². The number of carbonyl (C=O) groups is 1. The molecule has 6 heteroatoms. The van der Waals surface area contributed by atoms with E-state index in [0.29, 0.717) is 18.5 Å². The van der Waals surface area contributed by atoms with Crippen LogP contribution in [0, 0.1) is 6.92 Å². The lowest BCUT2D eigenvalue weighted by Crippen LogP contribution is -2.27. The van der Waals surface area contributed by atoms with Gasteiger partial charge in [0.2, 0.25) is 0 Å². The molecule has 0 saturated heterocycles. The highest BCUT2D eigenvalue weighted by Gasteiger charge is 2.10. The van der Waals surface area contributed by atoms with E-state index < -0.39 is 6.10 Å². The number of benzene rings is 1. The molecule has 0 bridgehead atoms. The van der Waals surface area contributed by atoms with Crippen LogP contribution in [0.5, 0.6) is 0 Å². The molecule has 0 saturated carbocycles. The Hall–Kier alpha value is -2.21. The molecule has 2 aromatic rings.